The fraction of sp³-hybridized carbons (Fsp3) is 0.533. The first kappa shape index (κ1) is 15.0. The van der Waals surface area contributed by atoms with Gasteiger partial charge in [0.15, 0.2) is 0 Å². The van der Waals surface area contributed by atoms with Crippen molar-refractivity contribution in [3.63, 3.8) is 0 Å². The van der Waals surface area contributed by atoms with Gasteiger partial charge >= 0.3 is 0 Å². The molecule has 4 nitrogen and oxygen atoms in total. The Morgan fingerprint density at radius 1 is 1.35 bits per heavy atom. The number of rotatable bonds is 4. The Morgan fingerprint density at radius 2 is 2.05 bits per heavy atom. The Hall–Kier alpha value is -1.36. The molecule has 5 heteroatoms. The zero-order valence-electron chi connectivity index (χ0n) is 12.1. The highest BCUT2D eigenvalue weighted by atomic mass is 32.2. The summed E-state index contributed by atoms with van der Waals surface area (Å²) in [7, 11) is -0.751. The molecule has 20 heavy (non-hydrogen) atoms. The molecule has 1 amide bonds. The second kappa shape index (κ2) is 6.88. The van der Waals surface area contributed by atoms with Crippen LogP contribution < -0.4 is 5.32 Å². The van der Waals surface area contributed by atoms with Gasteiger partial charge in [0.2, 0.25) is 0 Å². The van der Waals surface area contributed by atoms with Gasteiger partial charge in [0.05, 0.1) is 0 Å². The van der Waals surface area contributed by atoms with Crippen LogP contribution in [0.1, 0.15) is 29.3 Å². The minimum absolute atomic E-state index is 0.0567. The first-order chi connectivity index (χ1) is 9.61. The van der Waals surface area contributed by atoms with Crippen LogP contribution in [0.15, 0.2) is 18.2 Å². The number of aryl methyl sites for hydroxylation is 1. The molecule has 1 aromatic carbocycles. The predicted molar refractivity (Wildman–Crippen MR) is 83.7 cm³/mol. The Kier molecular flexibility index (Phi) is 5.17. The molecular weight excluding hydrogens is 272 g/mol. The van der Waals surface area contributed by atoms with Gasteiger partial charge in [-0.15, -0.1) is 0 Å². The molecule has 0 saturated carbocycles. The molecule has 1 N–H and O–H groups in total. The van der Waals surface area contributed by atoms with Crippen LogP contribution in [0.3, 0.4) is 0 Å². The lowest BCUT2D eigenvalue weighted by atomic mass is 10.1. The molecule has 110 valence electrons. The molecule has 1 saturated heterocycles. The van der Waals surface area contributed by atoms with Crippen molar-refractivity contribution in [2.24, 2.45) is 0 Å². The third-order valence-electron chi connectivity index (χ3n) is 3.50. The number of carbonyl (C=O) groups is 1. The van der Waals surface area contributed by atoms with Crippen molar-refractivity contribution in [3.05, 3.63) is 29.3 Å². The highest BCUT2D eigenvalue weighted by Crippen LogP contribution is 2.18. The zero-order valence-corrected chi connectivity index (χ0v) is 13.0. The summed E-state index contributed by atoms with van der Waals surface area (Å²) in [5.74, 6) is 1.25. The molecule has 0 bridgehead atoms. The molecule has 2 rings (SSSR count). The average Bonchev–Trinajstić information content (AvgIpc) is 2.45. The summed E-state index contributed by atoms with van der Waals surface area (Å²) in [6, 6.07) is 5.87. The Balaban J connectivity index is 2.08. The van der Waals surface area contributed by atoms with E-state index < -0.39 is 10.8 Å². The summed E-state index contributed by atoms with van der Waals surface area (Å²) in [6.07, 6.45) is 1.07. The maximum atomic E-state index is 12.5. The number of amides is 1. The number of hydrogen-bond donors (Lipinski definition) is 1. The standard InChI is InChI=1S/C15H22N2O2S/c1-3-6-16-13-4-5-14(12(2)11-13)15(18)17-7-9-20(19)10-8-17/h4-5,11,16H,3,6-10H2,1-2H3. The second-order valence-electron chi connectivity index (χ2n) is 5.10. The van der Waals surface area contributed by atoms with E-state index in [2.05, 4.69) is 12.2 Å². The van der Waals surface area contributed by atoms with Crippen LogP contribution in [-0.4, -0.2) is 46.2 Å². The minimum atomic E-state index is -0.751. The van der Waals surface area contributed by atoms with Crippen LogP contribution >= 0.6 is 0 Å². The average molecular weight is 294 g/mol. The second-order valence-corrected chi connectivity index (χ2v) is 6.79. The molecule has 0 spiro atoms. The van der Waals surface area contributed by atoms with Gasteiger partial charge in [-0.3, -0.25) is 9.00 Å². The molecule has 0 atom stereocenters. The van der Waals surface area contributed by atoms with Crippen molar-refractivity contribution in [1.29, 1.82) is 0 Å². The Morgan fingerprint density at radius 3 is 2.65 bits per heavy atom. The smallest absolute Gasteiger partial charge is 0.254 e. The van der Waals surface area contributed by atoms with Crippen molar-refractivity contribution in [1.82, 2.24) is 4.90 Å². The fourth-order valence-corrected chi connectivity index (χ4v) is 3.35. The van der Waals surface area contributed by atoms with Crippen LogP contribution in [0, 0.1) is 6.92 Å². The summed E-state index contributed by atoms with van der Waals surface area (Å²) in [4.78, 5) is 14.3. The minimum Gasteiger partial charge on any atom is -0.385 e. The van der Waals surface area contributed by atoms with E-state index in [-0.39, 0.29) is 5.91 Å². The van der Waals surface area contributed by atoms with Gasteiger partial charge < -0.3 is 10.2 Å². The monoisotopic (exact) mass is 294 g/mol. The first-order valence-corrected chi connectivity index (χ1v) is 8.59. The molecule has 0 aromatic heterocycles. The molecule has 0 aliphatic carbocycles. The Bertz CT molecular complexity index is 507. The lowest BCUT2D eigenvalue weighted by molar-refractivity contribution is 0.0770. The third-order valence-corrected chi connectivity index (χ3v) is 4.78. The highest BCUT2D eigenvalue weighted by Gasteiger charge is 2.22. The molecule has 1 fully saturated rings. The molecule has 0 radical (unpaired) electrons. The van der Waals surface area contributed by atoms with Crippen molar-refractivity contribution >= 4 is 22.4 Å². The summed E-state index contributed by atoms with van der Waals surface area (Å²) >= 11 is 0. The molecule has 0 unspecified atom stereocenters. The summed E-state index contributed by atoms with van der Waals surface area (Å²) < 4.78 is 11.3. The van der Waals surface area contributed by atoms with Gasteiger partial charge in [-0.25, -0.2) is 0 Å². The number of nitrogens with one attached hydrogen (secondary N) is 1. The third kappa shape index (κ3) is 3.60. The van der Waals surface area contributed by atoms with Crippen LogP contribution in [-0.2, 0) is 10.8 Å². The van der Waals surface area contributed by atoms with Crippen LogP contribution in [0.25, 0.3) is 0 Å². The van der Waals surface area contributed by atoms with Crippen molar-refractivity contribution < 1.29 is 9.00 Å². The predicted octanol–water partition coefficient (Wildman–Crippen LogP) is 2.02. The van der Waals surface area contributed by atoms with E-state index in [0.29, 0.717) is 24.6 Å². The SMILES string of the molecule is CCCNc1ccc(C(=O)N2CCS(=O)CC2)c(C)c1. The van der Waals surface area contributed by atoms with Crippen molar-refractivity contribution in [2.45, 2.75) is 20.3 Å². The lowest BCUT2D eigenvalue weighted by Crippen LogP contribution is -2.42. The van der Waals surface area contributed by atoms with E-state index >= 15 is 0 Å². The fourth-order valence-electron chi connectivity index (χ4n) is 2.29. The summed E-state index contributed by atoms with van der Waals surface area (Å²) in [5.41, 5.74) is 2.79. The van der Waals surface area contributed by atoms with Crippen molar-refractivity contribution in [3.8, 4) is 0 Å². The first-order valence-electron chi connectivity index (χ1n) is 7.10. The van der Waals surface area contributed by atoms with E-state index in [9.17, 15) is 9.00 Å². The highest BCUT2D eigenvalue weighted by molar-refractivity contribution is 7.85. The number of nitrogens with zero attached hydrogens (tertiary/aromatic N) is 1. The lowest BCUT2D eigenvalue weighted by Gasteiger charge is -2.27. The van der Waals surface area contributed by atoms with Crippen LogP contribution in [0.4, 0.5) is 5.69 Å². The van der Waals surface area contributed by atoms with Gasteiger partial charge in [0.1, 0.15) is 0 Å². The maximum absolute atomic E-state index is 12.5. The summed E-state index contributed by atoms with van der Waals surface area (Å²) in [6.45, 7) is 6.22. The van der Waals surface area contributed by atoms with E-state index in [1.54, 1.807) is 0 Å². The largest absolute Gasteiger partial charge is 0.385 e. The molecular formula is C15H22N2O2S. The zero-order chi connectivity index (χ0) is 14.5. The van der Waals surface area contributed by atoms with E-state index in [1.165, 1.54) is 0 Å². The van der Waals surface area contributed by atoms with Gasteiger partial charge in [-0.1, -0.05) is 6.92 Å². The topological polar surface area (TPSA) is 49.4 Å². The normalized spacial score (nSPS) is 16.2. The molecule has 1 aromatic rings. The van der Waals surface area contributed by atoms with Crippen molar-refractivity contribution in [2.75, 3.05) is 36.5 Å². The van der Waals surface area contributed by atoms with Gasteiger partial charge in [0.25, 0.3) is 5.91 Å². The van der Waals surface area contributed by atoms with E-state index in [0.717, 1.165) is 29.8 Å². The van der Waals surface area contributed by atoms with Gasteiger partial charge in [-0.05, 0) is 37.1 Å². The molecule has 1 aliphatic heterocycles. The molecule has 1 aliphatic rings. The maximum Gasteiger partial charge on any atom is 0.254 e. The Labute approximate surface area is 123 Å². The van der Waals surface area contributed by atoms with Crippen LogP contribution in [0.5, 0.6) is 0 Å². The molecule has 1 heterocycles. The van der Waals surface area contributed by atoms with E-state index in [4.69, 9.17) is 0 Å². The van der Waals surface area contributed by atoms with E-state index in [1.807, 2.05) is 30.0 Å². The van der Waals surface area contributed by atoms with Gasteiger partial charge in [-0.2, -0.15) is 0 Å². The van der Waals surface area contributed by atoms with Gasteiger partial charge in [0, 0.05) is 53.2 Å². The quantitative estimate of drug-likeness (QED) is 0.924. The number of anilines is 1. The number of carbonyl (C=O) groups excluding carboxylic acids is 1. The number of hydrogen-bond acceptors (Lipinski definition) is 3. The summed E-state index contributed by atoms with van der Waals surface area (Å²) in [5, 5.41) is 3.32. The van der Waals surface area contributed by atoms with Crippen LogP contribution in [0.2, 0.25) is 0 Å². The number of benzene rings is 1.